The minimum atomic E-state index is -0.346. The van der Waals surface area contributed by atoms with Crippen molar-refractivity contribution < 1.29 is 19.1 Å². The minimum Gasteiger partial charge on any atom is -0.495 e. The topological polar surface area (TPSA) is 147 Å². The van der Waals surface area contributed by atoms with E-state index in [1.165, 1.54) is 5.69 Å². The number of nitrogens with zero attached hydrogens (tertiary/aromatic N) is 9. The Labute approximate surface area is 417 Å². The average molecular weight is 957 g/mol. The molecule has 0 spiro atoms. The predicted octanol–water partition coefficient (Wildman–Crippen LogP) is 8.94. The molecule has 10 rings (SSSR count). The maximum atomic E-state index is 13.8. The Balaban J connectivity index is 0.759. The van der Waals surface area contributed by atoms with E-state index in [4.69, 9.17) is 19.6 Å². The van der Waals surface area contributed by atoms with Crippen LogP contribution in [0.15, 0.2) is 85.3 Å². The van der Waals surface area contributed by atoms with E-state index >= 15 is 0 Å². The second kappa shape index (κ2) is 18.8. The summed E-state index contributed by atoms with van der Waals surface area (Å²) in [5.41, 5.74) is 7.89. The van der Waals surface area contributed by atoms with Crippen molar-refractivity contribution in [3.63, 3.8) is 0 Å². The summed E-state index contributed by atoms with van der Waals surface area (Å²) in [4.78, 5) is 38.5. The first kappa shape index (κ1) is 47.9. The molecule has 1 N–H and O–H groups in total. The molecular weight excluding hydrogens is 889 g/mol. The number of hydrogen-bond acceptors (Lipinski definition) is 10. The number of hydrogen-bond donors (Lipinski definition) is 1. The number of nitriles is 1. The van der Waals surface area contributed by atoms with Crippen LogP contribution in [0.2, 0.25) is 0 Å². The van der Waals surface area contributed by atoms with Gasteiger partial charge in [-0.3, -0.25) is 23.9 Å². The number of pyridine rings is 1. The van der Waals surface area contributed by atoms with Crippen LogP contribution in [0.5, 0.6) is 11.5 Å². The van der Waals surface area contributed by atoms with Gasteiger partial charge in [0.25, 0.3) is 5.91 Å². The lowest BCUT2D eigenvalue weighted by Gasteiger charge is -2.63. The third kappa shape index (κ3) is 8.91. The summed E-state index contributed by atoms with van der Waals surface area (Å²) < 4.78 is 16.1. The Morgan fingerprint density at radius 1 is 0.930 bits per heavy atom. The molecule has 370 valence electrons. The number of amides is 2. The summed E-state index contributed by atoms with van der Waals surface area (Å²) in [7, 11) is 3.46. The minimum absolute atomic E-state index is 0.0867. The van der Waals surface area contributed by atoms with Crippen LogP contribution in [0.3, 0.4) is 0 Å². The average Bonchev–Trinajstić information content (AvgIpc) is 3.98. The van der Waals surface area contributed by atoms with E-state index in [2.05, 4.69) is 109 Å². The number of nitrogens with one attached hydrogen (secondary N) is 1. The van der Waals surface area contributed by atoms with Gasteiger partial charge < -0.3 is 29.5 Å². The van der Waals surface area contributed by atoms with Crippen molar-refractivity contribution in [2.24, 2.45) is 35.6 Å². The smallest absolute Gasteiger partial charge is 0.251 e. The fourth-order valence-corrected chi connectivity index (χ4v) is 13.0. The molecule has 0 bridgehead atoms. The summed E-state index contributed by atoms with van der Waals surface area (Å²) in [5.74, 6) is 2.71. The van der Waals surface area contributed by atoms with E-state index < -0.39 is 0 Å². The molecule has 6 heterocycles. The number of carbonyl (C=O) groups is 2. The third-order valence-corrected chi connectivity index (χ3v) is 16.6. The first-order valence-electron chi connectivity index (χ1n) is 25.4. The number of ether oxygens (including phenoxy) is 2. The number of aromatic nitrogens is 5. The highest BCUT2D eigenvalue weighted by Gasteiger charge is 2.64. The van der Waals surface area contributed by atoms with E-state index in [9.17, 15) is 14.9 Å². The number of piperidine rings is 2. The quantitative estimate of drug-likeness (QED) is 0.134. The van der Waals surface area contributed by atoms with Crippen LogP contribution in [0.1, 0.15) is 94.5 Å². The van der Waals surface area contributed by atoms with Crippen molar-refractivity contribution in [1.29, 1.82) is 5.26 Å². The first-order chi connectivity index (χ1) is 34.0. The van der Waals surface area contributed by atoms with Crippen LogP contribution < -0.4 is 19.7 Å². The molecule has 71 heavy (non-hydrogen) atoms. The Hall–Kier alpha value is -6.72. The second-order valence-electron chi connectivity index (χ2n) is 22.0. The van der Waals surface area contributed by atoms with Gasteiger partial charge in [0.1, 0.15) is 23.7 Å². The van der Waals surface area contributed by atoms with Crippen LogP contribution >= 0.6 is 0 Å². The van der Waals surface area contributed by atoms with Crippen molar-refractivity contribution in [3.05, 3.63) is 108 Å². The molecule has 0 radical (unpaired) electrons. The van der Waals surface area contributed by atoms with Crippen molar-refractivity contribution >= 4 is 28.3 Å². The highest BCUT2D eigenvalue weighted by atomic mass is 16.5. The van der Waals surface area contributed by atoms with E-state index in [1.807, 2.05) is 42.7 Å². The van der Waals surface area contributed by atoms with Crippen LogP contribution in [0.4, 0.5) is 5.69 Å². The number of carbonyl (C=O) groups excluding carboxylic acids is 2. The van der Waals surface area contributed by atoms with E-state index in [0.29, 0.717) is 59.5 Å². The molecule has 14 nitrogen and oxygen atoms in total. The van der Waals surface area contributed by atoms with Gasteiger partial charge in [0.05, 0.1) is 36.3 Å². The first-order valence-corrected chi connectivity index (χ1v) is 25.4. The Morgan fingerprint density at radius 3 is 2.32 bits per heavy atom. The zero-order valence-corrected chi connectivity index (χ0v) is 42.8. The number of likely N-dealkylation sites (tertiary alicyclic amines) is 1. The lowest BCUT2D eigenvalue weighted by atomic mass is 9.49. The lowest BCUT2D eigenvalue weighted by molar-refractivity contribution is -0.164. The van der Waals surface area contributed by atoms with Crippen LogP contribution in [-0.4, -0.2) is 105 Å². The summed E-state index contributed by atoms with van der Waals surface area (Å²) in [5, 5.41) is 24.7. The van der Waals surface area contributed by atoms with Crippen molar-refractivity contribution in [2.45, 2.75) is 92.5 Å². The maximum absolute atomic E-state index is 13.8. The van der Waals surface area contributed by atoms with Gasteiger partial charge in [-0.1, -0.05) is 59.7 Å². The molecule has 2 saturated heterocycles. The summed E-state index contributed by atoms with van der Waals surface area (Å²) >= 11 is 0. The van der Waals surface area contributed by atoms with Gasteiger partial charge in [-0.2, -0.15) is 15.5 Å². The summed E-state index contributed by atoms with van der Waals surface area (Å²) in [6.45, 7) is 21.4. The van der Waals surface area contributed by atoms with E-state index in [-0.39, 0.29) is 34.8 Å². The fraction of sp³-hybridized carbons (Fsp3) is 0.474. The van der Waals surface area contributed by atoms with Gasteiger partial charge in [-0.15, -0.1) is 0 Å². The highest BCUT2D eigenvalue weighted by molar-refractivity contribution is 5.98. The van der Waals surface area contributed by atoms with Crippen molar-refractivity contribution in [2.75, 3.05) is 51.3 Å². The number of benzene rings is 3. The van der Waals surface area contributed by atoms with E-state index in [0.717, 1.165) is 96.5 Å². The standard InChI is InChI=1S/C57H68N10O4/c1-35-30-66(42-16-13-38(14-17-42)53(69)61-54-56(4,5)55(57(54,6)7)71-44-18-15-40(27-58)51(26-44)70-9)31-36(2)47(35)33-64-22-19-43(20-23-64)67-50-21-24-65(37(3)68)34-48(50)52(62-67)45-12-10-11-39-25-49(59-29-46(39)45)41-28-60-63(8)32-41/h10-18,25-26,28-29,32,35-36,43,47,54-55H,19-24,30-31,33-34H2,1-9H3,(H,61,69)/t35-,36+,47?,54?,55?. The molecule has 6 aromatic rings. The van der Waals surface area contributed by atoms with Gasteiger partial charge in [0.2, 0.25) is 5.91 Å². The van der Waals surface area contributed by atoms with Crippen LogP contribution in [0, 0.1) is 39.9 Å². The molecule has 3 fully saturated rings. The molecule has 3 aliphatic heterocycles. The van der Waals surface area contributed by atoms with Crippen LogP contribution in [0.25, 0.3) is 33.3 Å². The largest absolute Gasteiger partial charge is 0.495 e. The van der Waals surface area contributed by atoms with Gasteiger partial charge in [0, 0.05) is 141 Å². The number of rotatable bonds is 11. The Kier molecular flexibility index (Phi) is 12.7. The monoisotopic (exact) mass is 957 g/mol. The van der Waals surface area contributed by atoms with Crippen molar-refractivity contribution in [3.8, 4) is 40.1 Å². The SMILES string of the molecule is COc1cc(OC2C(C)(C)C(NC(=O)c3ccc(N4C[C@@H](C)C(CN5CCC(n6nc(-c7cccc8cc(-c9cnn(C)c9)ncc78)c7c6CCN(C(C)=O)C7)CC5)[C@@H](C)C4)cc3)C2(C)C)ccc1C#N. The zero-order chi connectivity index (χ0) is 49.9. The zero-order valence-electron chi connectivity index (χ0n) is 42.8. The lowest BCUT2D eigenvalue weighted by Crippen LogP contribution is -2.74. The van der Waals surface area contributed by atoms with E-state index in [1.54, 1.807) is 36.9 Å². The summed E-state index contributed by atoms with van der Waals surface area (Å²) in [6, 6.07) is 24.3. The van der Waals surface area contributed by atoms with Crippen molar-refractivity contribution in [1.82, 2.24) is 39.7 Å². The summed E-state index contributed by atoms with van der Waals surface area (Å²) in [6.07, 6.45) is 8.50. The Bertz CT molecular complexity index is 2980. The predicted molar refractivity (Wildman–Crippen MR) is 276 cm³/mol. The molecule has 3 aromatic heterocycles. The number of methoxy groups -OCH3 is 1. The van der Waals surface area contributed by atoms with Gasteiger partial charge in [-0.25, -0.2) is 0 Å². The van der Waals surface area contributed by atoms with Gasteiger partial charge in [0.15, 0.2) is 0 Å². The fourth-order valence-electron chi connectivity index (χ4n) is 13.0. The number of anilines is 1. The third-order valence-electron chi connectivity index (χ3n) is 16.6. The van der Waals surface area contributed by atoms with Crippen LogP contribution in [-0.2, 0) is 24.8 Å². The molecule has 2 amide bonds. The molecule has 1 aliphatic carbocycles. The second-order valence-corrected chi connectivity index (χ2v) is 22.0. The Morgan fingerprint density at radius 2 is 1.66 bits per heavy atom. The normalized spacial score (nSPS) is 23.1. The molecule has 3 atom stereocenters. The number of aryl methyl sites for hydroxylation is 1. The maximum Gasteiger partial charge on any atom is 0.251 e. The molecule has 3 aromatic carbocycles. The number of fused-ring (bicyclic) bond motifs is 2. The highest BCUT2D eigenvalue weighted by Crippen LogP contribution is 2.56. The molecule has 14 heteroatoms. The molecule has 1 saturated carbocycles. The molecule has 4 aliphatic rings. The van der Waals surface area contributed by atoms with Gasteiger partial charge in [-0.05, 0) is 78.4 Å². The molecular formula is C57H68N10O4. The molecule has 1 unspecified atom stereocenters. The van der Waals surface area contributed by atoms with Gasteiger partial charge >= 0.3 is 0 Å².